The molecule has 138 valence electrons. The van der Waals surface area contributed by atoms with Crippen LogP contribution in [0.4, 0.5) is 0 Å². The van der Waals surface area contributed by atoms with Crippen molar-refractivity contribution in [3.8, 4) is 0 Å². The first-order valence-electron chi connectivity index (χ1n) is 10.4. The van der Waals surface area contributed by atoms with E-state index >= 15 is 0 Å². The Hall–Kier alpha value is -0.610. The van der Waals surface area contributed by atoms with Crippen LogP contribution in [0.5, 0.6) is 0 Å². The zero-order valence-electron chi connectivity index (χ0n) is 15.7. The molecular formula is C20H37N3O. The van der Waals surface area contributed by atoms with E-state index in [1.807, 2.05) is 0 Å². The van der Waals surface area contributed by atoms with E-state index in [-0.39, 0.29) is 11.9 Å². The summed E-state index contributed by atoms with van der Waals surface area (Å²) >= 11 is 0. The lowest BCUT2D eigenvalue weighted by atomic mass is 9.85. The molecule has 3 fully saturated rings. The SMILES string of the molecule is CC1CC(C)CN(CCCCNC(=O)C2CC3CCCCC3N2)C1. The van der Waals surface area contributed by atoms with Crippen molar-refractivity contribution >= 4 is 5.91 Å². The fourth-order valence-electron chi connectivity index (χ4n) is 5.29. The molecule has 2 N–H and O–H groups in total. The Morgan fingerprint density at radius 2 is 1.83 bits per heavy atom. The maximum atomic E-state index is 12.4. The van der Waals surface area contributed by atoms with Crippen LogP contribution in [-0.2, 0) is 4.79 Å². The average Bonchev–Trinajstić information content (AvgIpc) is 2.97. The number of piperidine rings is 1. The lowest BCUT2D eigenvalue weighted by molar-refractivity contribution is -0.122. The van der Waals surface area contributed by atoms with E-state index < -0.39 is 0 Å². The minimum Gasteiger partial charge on any atom is -0.355 e. The fourth-order valence-corrected chi connectivity index (χ4v) is 5.29. The Morgan fingerprint density at radius 1 is 1.08 bits per heavy atom. The Labute approximate surface area is 148 Å². The highest BCUT2D eigenvalue weighted by molar-refractivity contribution is 5.82. The van der Waals surface area contributed by atoms with Crippen molar-refractivity contribution in [1.29, 1.82) is 0 Å². The summed E-state index contributed by atoms with van der Waals surface area (Å²) in [7, 11) is 0. The Bertz CT molecular complexity index is 390. The second-order valence-electron chi connectivity index (χ2n) is 8.81. The van der Waals surface area contributed by atoms with Crippen molar-refractivity contribution in [3.05, 3.63) is 0 Å². The van der Waals surface area contributed by atoms with Crippen LogP contribution in [-0.4, -0.2) is 49.1 Å². The van der Waals surface area contributed by atoms with Crippen molar-refractivity contribution in [2.24, 2.45) is 17.8 Å². The molecule has 2 saturated heterocycles. The second-order valence-corrected chi connectivity index (χ2v) is 8.81. The molecule has 5 atom stereocenters. The average molecular weight is 336 g/mol. The van der Waals surface area contributed by atoms with Crippen LogP contribution < -0.4 is 10.6 Å². The number of fused-ring (bicyclic) bond motifs is 1. The third-order valence-corrected chi connectivity index (χ3v) is 6.32. The number of likely N-dealkylation sites (tertiary alicyclic amines) is 1. The topological polar surface area (TPSA) is 44.4 Å². The molecular weight excluding hydrogens is 298 g/mol. The minimum atomic E-state index is 0.0712. The molecule has 5 unspecified atom stereocenters. The first-order valence-corrected chi connectivity index (χ1v) is 10.4. The van der Waals surface area contributed by atoms with E-state index in [2.05, 4.69) is 29.4 Å². The third kappa shape index (κ3) is 4.95. The molecule has 0 aromatic rings. The molecule has 4 heteroatoms. The van der Waals surface area contributed by atoms with Crippen LogP contribution in [0.25, 0.3) is 0 Å². The normalized spacial score (nSPS) is 37.2. The number of carbonyl (C=O) groups is 1. The lowest BCUT2D eigenvalue weighted by Gasteiger charge is -2.34. The van der Waals surface area contributed by atoms with Gasteiger partial charge in [-0.05, 0) is 62.8 Å². The van der Waals surface area contributed by atoms with Gasteiger partial charge in [0, 0.05) is 25.7 Å². The van der Waals surface area contributed by atoms with E-state index in [0.29, 0.717) is 6.04 Å². The van der Waals surface area contributed by atoms with Crippen molar-refractivity contribution in [3.63, 3.8) is 0 Å². The summed E-state index contributed by atoms with van der Waals surface area (Å²) in [6.07, 6.45) is 9.99. The summed E-state index contributed by atoms with van der Waals surface area (Å²) in [6.45, 7) is 9.28. The van der Waals surface area contributed by atoms with E-state index in [9.17, 15) is 4.79 Å². The Kier molecular flexibility index (Phi) is 6.56. The number of hydrogen-bond donors (Lipinski definition) is 2. The van der Waals surface area contributed by atoms with Crippen LogP contribution in [0, 0.1) is 17.8 Å². The number of hydrogen-bond acceptors (Lipinski definition) is 3. The van der Waals surface area contributed by atoms with Crippen molar-refractivity contribution < 1.29 is 4.79 Å². The number of carbonyl (C=O) groups excluding carboxylic acids is 1. The van der Waals surface area contributed by atoms with E-state index in [1.54, 1.807) is 0 Å². The van der Waals surface area contributed by atoms with Crippen LogP contribution in [0.15, 0.2) is 0 Å². The molecule has 3 aliphatic rings. The van der Waals surface area contributed by atoms with Gasteiger partial charge in [-0.1, -0.05) is 26.7 Å². The number of rotatable bonds is 6. The first kappa shape index (κ1) is 18.2. The highest BCUT2D eigenvalue weighted by Gasteiger charge is 2.37. The van der Waals surface area contributed by atoms with Gasteiger partial charge < -0.3 is 15.5 Å². The van der Waals surface area contributed by atoms with Gasteiger partial charge in [-0.25, -0.2) is 0 Å². The molecule has 0 aromatic heterocycles. The quantitative estimate of drug-likeness (QED) is 0.734. The van der Waals surface area contributed by atoms with Gasteiger partial charge in [0.25, 0.3) is 0 Å². The molecule has 1 aliphatic carbocycles. The number of unbranched alkanes of at least 4 members (excludes halogenated alkanes) is 1. The molecule has 1 saturated carbocycles. The van der Waals surface area contributed by atoms with Gasteiger partial charge in [-0.2, -0.15) is 0 Å². The highest BCUT2D eigenvalue weighted by Crippen LogP contribution is 2.33. The molecule has 4 nitrogen and oxygen atoms in total. The van der Waals surface area contributed by atoms with E-state index in [1.165, 1.54) is 58.2 Å². The molecule has 2 heterocycles. The highest BCUT2D eigenvalue weighted by atomic mass is 16.2. The third-order valence-electron chi connectivity index (χ3n) is 6.32. The van der Waals surface area contributed by atoms with Crippen LogP contribution in [0.2, 0.25) is 0 Å². The fraction of sp³-hybridized carbons (Fsp3) is 0.950. The van der Waals surface area contributed by atoms with E-state index in [0.717, 1.165) is 37.1 Å². The smallest absolute Gasteiger partial charge is 0.237 e. The van der Waals surface area contributed by atoms with Crippen LogP contribution in [0.3, 0.4) is 0 Å². The first-order chi connectivity index (χ1) is 11.6. The molecule has 0 spiro atoms. The van der Waals surface area contributed by atoms with Crippen LogP contribution >= 0.6 is 0 Å². The molecule has 0 bridgehead atoms. The van der Waals surface area contributed by atoms with Gasteiger partial charge in [0.05, 0.1) is 6.04 Å². The van der Waals surface area contributed by atoms with Crippen LogP contribution in [0.1, 0.15) is 65.2 Å². The van der Waals surface area contributed by atoms with Gasteiger partial charge in [0.15, 0.2) is 0 Å². The standard InChI is InChI=1S/C20H37N3O/c1-15-11-16(2)14-23(13-15)10-6-5-9-21-20(24)19-12-17-7-3-4-8-18(17)22-19/h15-19,22H,3-14H2,1-2H3,(H,21,24). The summed E-state index contributed by atoms with van der Waals surface area (Å²) in [6, 6.07) is 0.680. The Morgan fingerprint density at radius 3 is 2.58 bits per heavy atom. The number of amides is 1. The summed E-state index contributed by atoms with van der Waals surface area (Å²) in [5.74, 6) is 2.66. The monoisotopic (exact) mass is 335 g/mol. The lowest BCUT2D eigenvalue weighted by Crippen LogP contribution is -2.43. The minimum absolute atomic E-state index is 0.0712. The molecule has 2 aliphatic heterocycles. The molecule has 0 radical (unpaired) electrons. The zero-order chi connectivity index (χ0) is 16.9. The summed E-state index contributed by atoms with van der Waals surface area (Å²) in [5, 5.41) is 6.74. The van der Waals surface area contributed by atoms with Crippen molar-refractivity contribution in [2.75, 3.05) is 26.2 Å². The van der Waals surface area contributed by atoms with Gasteiger partial charge in [0.1, 0.15) is 0 Å². The Balaban J connectivity index is 1.27. The summed E-state index contributed by atoms with van der Waals surface area (Å²) in [5.41, 5.74) is 0. The second kappa shape index (κ2) is 8.66. The van der Waals surface area contributed by atoms with E-state index in [4.69, 9.17) is 0 Å². The maximum Gasteiger partial charge on any atom is 0.237 e. The predicted molar refractivity (Wildman–Crippen MR) is 98.9 cm³/mol. The van der Waals surface area contributed by atoms with Gasteiger partial charge in [-0.3, -0.25) is 4.79 Å². The molecule has 24 heavy (non-hydrogen) atoms. The number of nitrogens with zero attached hydrogens (tertiary/aromatic N) is 1. The summed E-state index contributed by atoms with van der Waals surface area (Å²) in [4.78, 5) is 15.0. The van der Waals surface area contributed by atoms with Gasteiger partial charge in [0.2, 0.25) is 5.91 Å². The molecule has 0 aromatic carbocycles. The summed E-state index contributed by atoms with van der Waals surface area (Å²) < 4.78 is 0. The van der Waals surface area contributed by atoms with Crippen molar-refractivity contribution in [2.45, 2.75) is 77.3 Å². The molecule has 1 amide bonds. The molecule has 3 rings (SSSR count). The number of nitrogens with one attached hydrogen (secondary N) is 2. The van der Waals surface area contributed by atoms with Gasteiger partial charge >= 0.3 is 0 Å². The maximum absolute atomic E-state index is 12.4. The predicted octanol–water partition coefficient (Wildman–Crippen LogP) is 2.78. The van der Waals surface area contributed by atoms with Crippen molar-refractivity contribution in [1.82, 2.24) is 15.5 Å². The largest absolute Gasteiger partial charge is 0.355 e. The zero-order valence-corrected chi connectivity index (χ0v) is 15.7. The van der Waals surface area contributed by atoms with Gasteiger partial charge in [-0.15, -0.1) is 0 Å².